The monoisotopic (exact) mass is 331 g/mol. The summed E-state index contributed by atoms with van der Waals surface area (Å²) in [6.45, 7) is 7.03. The molecule has 0 bridgehead atoms. The van der Waals surface area contributed by atoms with Crippen molar-refractivity contribution in [3.05, 3.63) is 35.9 Å². The lowest BCUT2D eigenvalue weighted by Crippen LogP contribution is -2.50. The molecule has 1 saturated heterocycles. The quantitative estimate of drug-likeness (QED) is 0.707. The van der Waals surface area contributed by atoms with Crippen molar-refractivity contribution in [2.45, 2.75) is 51.6 Å². The number of likely N-dealkylation sites (tertiary alicyclic amines) is 1. The molecule has 4 nitrogen and oxygen atoms in total. The van der Waals surface area contributed by atoms with E-state index in [1.165, 1.54) is 18.4 Å². The van der Waals surface area contributed by atoms with Gasteiger partial charge in [0.05, 0.1) is 6.04 Å². The minimum absolute atomic E-state index is 0.0979. The lowest BCUT2D eigenvalue weighted by atomic mass is 10.0. The van der Waals surface area contributed by atoms with Crippen molar-refractivity contribution in [3.63, 3.8) is 0 Å². The van der Waals surface area contributed by atoms with E-state index in [1.54, 1.807) is 0 Å². The zero-order valence-electron chi connectivity index (χ0n) is 15.3. The summed E-state index contributed by atoms with van der Waals surface area (Å²) in [5.74, 6) is 0.230. The molecule has 134 valence electrons. The maximum atomic E-state index is 12.5. The second-order valence-electron chi connectivity index (χ2n) is 6.92. The number of piperidine rings is 1. The van der Waals surface area contributed by atoms with E-state index in [0.717, 1.165) is 52.0 Å². The Kier molecular flexibility index (Phi) is 8.26. The molecule has 0 saturated carbocycles. The molecule has 2 rings (SSSR count). The van der Waals surface area contributed by atoms with E-state index in [1.807, 2.05) is 6.07 Å². The van der Waals surface area contributed by atoms with Gasteiger partial charge in [0.2, 0.25) is 5.91 Å². The van der Waals surface area contributed by atoms with E-state index in [-0.39, 0.29) is 11.9 Å². The summed E-state index contributed by atoms with van der Waals surface area (Å²) in [6, 6.07) is 10.6. The predicted octanol–water partition coefficient (Wildman–Crippen LogP) is 2.89. The molecular formula is C20H33N3O. The number of carbonyl (C=O) groups excluding carboxylic acids is 1. The highest BCUT2D eigenvalue weighted by Gasteiger charge is 2.27. The molecule has 1 heterocycles. The highest BCUT2D eigenvalue weighted by molar-refractivity contribution is 5.81. The first-order valence-corrected chi connectivity index (χ1v) is 9.45. The van der Waals surface area contributed by atoms with Crippen molar-refractivity contribution in [1.29, 1.82) is 0 Å². The van der Waals surface area contributed by atoms with E-state index in [0.29, 0.717) is 0 Å². The van der Waals surface area contributed by atoms with E-state index >= 15 is 0 Å². The Morgan fingerprint density at radius 2 is 2.08 bits per heavy atom. The summed E-state index contributed by atoms with van der Waals surface area (Å²) in [4.78, 5) is 17.1. The van der Waals surface area contributed by atoms with Crippen LogP contribution in [0.2, 0.25) is 0 Å². The average Bonchev–Trinajstić information content (AvgIpc) is 2.60. The summed E-state index contributed by atoms with van der Waals surface area (Å²) in [7, 11) is 2.14. The molecule has 4 heteroatoms. The fourth-order valence-electron chi connectivity index (χ4n) is 3.50. The number of benzene rings is 1. The molecule has 0 radical (unpaired) electrons. The highest BCUT2D eigenvalue weighted by atomic mass is 16.2. The van der Waals surface area contributed by atoms with Crippen LogP contribution in [0.25, 0.3) is 0 Å². The molecular weight excluding hydrogens is 298 g/mol. The van der Waals surface area contributed by atoms with Crippen molar-refractivity contribution in [2.24, 2.45) is 0 Å². The molecule has 1 aliphatic rings. The molecule has 1 amide bonds. The van der Waals surface area contributed by atoms with Gasteiger partial charge < -0.3 is 10.2 Å². The van der Waals surface area contributed by atoms with Gasteiger partial charge in [-0.1, -0.05) is 43.7 Å². The van der Waals surface area contributed by atoms with Gasteiger partial charge >= 0.3 is 0 Å². The maximum Gasteiger partial charge on any atom is 0.237 e. The first-order chi connectivity index (χ1) is 11.7. The van der Waals surface area contributed by atoms with Crippen LogP contribution in [0.1, 0.15) is 44.6 Å². The van der Waals surface area contributed by atoms with Gasteiger partial charge in [-0.2, -0.15) is 0 Å². The average molecular weight is 332 g/mol. The number of carbonyl (C=O) groups is 1. The second kappa shape index (κ2) is 10.5. The van der Waals surface area contributed by atoms with Gasteiger partial charge in [0, 0.05) is 13.1 Å². The Labute approximate surface area is 147 Å². The van der Waals surface area contributed by atoms with Crippen LogP contribution >= 0.6 is 0 Å². The molecule has 1 aliphatic heterocycles. The van der Waals surface area contributed by atoms with E-state index < -0.39 is 0 Å². The van der Waals surface area contributed by atoms with Crippen LogP contribution < -0.4 is 5.32 Å². The third-order valence-electron chi connectivity index (χ3n) is 4.74. The molecule has 1 atom stereocenters. The van der Waals surface area contributed by atoms with Gasteiger partial charge in [-0.15, -0.1) is 0 Å². The van der Waals surface area contributed by atoms with Gasteiger partial charge in [0.15, 0.2) is 0 Å². The third kappa shape index (κ3) is 6.25. The fraction of sp³-hybridized carbons (Fsp3) is 0.650. The maximum absolute atomic E-state index is 12.5. The minimum atomic E-state index is 0.0979. The Bertz CT molecular complexity index is 475. The van der Waals surface area contributed by atoms with Crippen LogP contribution in [0.5, 0.6) is 0 Å². The van der Waals surface area contributed by atoms with E-state index in [9.17, 15) is 4.79 Å². The third-order valence-corrected chi connectivity index (χ3v) is 4.74. The SMILES string of the molecule is CCCN1CCCCC1C(=O)NCCCN(C)Cc1ccccc1. The normalized spacial score (nSPS) is 18.7. The molecule has 1 unspecified atom stereocenters. The van der Waals surface area contributed by atoms with Crippen molar-refractivity contribution in [1.82, 2.24) is 15.1 Å². The largest absolute Gasteiger partial charge is 0.355 e. The summed E-state index contributed by atoms with van der Waals surface area (Å²) >= 11 is 0. The first-order valence-electron chi connectivity index (χ1n) is 9.45. The Morgan fingerprint density at radius 1 is 1.29 bits per heavy atom. The standard InChI is InChI=1S/C20H33N3O/c1-3-14-23-16-8-7-12-19(23)20(24)21-13-9-15-22(2)17-18-10-5-4-6-11-18/h4-6,10-11,19H,3,7-9,12-17H2,1-2H3,(H,21,24). The van der Waals surface area contributed by atoms with Gasteiger partial charge in [-0.3, -0.25) is 9.69 Å². The van der Waals surface area contributed by atoms with Crippen molar-refractivity contribution in [2.75, 3.05) is 33.2 Å². The summed E-state index contributed by atoms with van der Waals surface area (Å²) in [6.07, 6.45) is 5.54. The van der Waals surface area contributed by atoms with Gasteiger partial charge in [0.1, 0.15) is 0 Å². The predicted molar refractivity (Wildman–Crippen MR) is 99.9 cm³/mol. The zero-order chi connectivity index (χ0) is 17.2. The Hall–Kier alpha value is -1.39. The van der Waals surface area contributed by atoms with Crippen LogP contribution in [0.15, 0.2) is 30.3 Å². The van der Waals surface area contributed by atoms with Crippen LogP contribution in [0.4, 0.5) is 0 Å². The molecule has 1 aromatic carbocycles. The molecule has 0 aromatic heterocycles. The highest BCUT2D eigenvalue weighted by Crippen LogP contribution is 2.17. The Balaban J connectivity index is 1.64. The summed E-state index contributed by atoms with van der Waals surface area (Å²) in [5, 5.41) is 3.15. The molecule has 24 heavy (non-hydrogen) atoms. The van der Waals surface area contributed by atoms with Crippen LogP contribution in [-0.2, 0) is 11.3 Å². The smallest absolute Gasteiger partial charge is 0.237 e. The number of rotatable bonds is 9. The van der Waals surface area contributed by atoms with Crippen molar-refractivity contribution < 1.29 is 4.79 Å². The van der Waals surface area contributed by atoms with Gasteiger partial charge in [0.25, 0.3) is 0 Å². The summed E-state index contributed by atoms with van der Waals surface area (Å²) < 4.78 is 0. The van der Waals surface area contributed by atoms with Gasteiger partial charge in [-0.25, -0.2) is 0 Å². The molecule has 0 spiro atoms. The van der Waals surface area contributed by atoms with E-state index in [4.69, 9.17) is 0 Å². The van der Waals surface area contributed by atoms with Gasteiger partial charge in [-0.05, 0) is 57.9 Å². The first kappa shape index (κ1) is 18.9. The lowest BCUT2D eigenvalue weighted by molar-refractivity contribution is -0.127. The lowest BCUT2D eigenvalue weighted by Gasteiger charge is -2.34. The molecule has 0 aliphatic carbocycles. The topological polar surface area (TPSA) is 35.6 Å². The number of hydrogen-bond acceptors (Lipinski definition) is 3. The number of nitrogens with zero attached hydrogens (tertiary/aromatic N) is 2. The van der Waals surface area contributed by atoms with Crippen LogP contribution in [0.3, 0.4) is 0 Å². The van der Waals surface area contributed by atoms with Crippen molar-refractivity contribution >= 4 is 5.91 Å². The Morgan fingerprint density at radius 3 is 2.83 bits per heavy atom. The zero-order valence-corrected chi connectivity index (χ0v) is 15.3. The number of amides is 1. The minimum Gasteiger partial charge on any atom is -0.355 e. The number of nitrogens with one attached hydrogen (secondary N) is 1. The van der Waals surface area contributed by atoms with E-state index in [2.05, 4.69) is 53.4 Å². The molecule has 1 aromatic rings. The molecule has 1 N–H and O–H groups in total. The fourth-order valence-corrected chi connectivity index (χ4v) is 3.50. The molecule has 1 fully saturated rings. The van der Waals surface area contributed by atoms with Crippen LogP contribution in [-0.4, -0.2) is 55.0 Å². The summed E-state index contributed by atoms with van der Waals surface area (Å²) in [5.41, 5.74) is 1.33. The second-order valence-corrected chi connectivity index (χ2v) is 6.92. The number of hydrogen-bond donors (Lipinski definition) is 1. The van der Waals surface area contributed by atoms with Crippen molar-refractivity contribution in [3.8, 4) is 0 Å². The van der Waals surface area contributed by atoms with Crippen LogP contribution in [0, 0.1) is 0 Å².